The Hall–Kier alpha value is -2.59. The van der Waals surface area contributed by atoms with Crippen molar-refractivity contribution >= 4 is 29.5 Å². The lowest BCUT2D eigenvalue weighted by molar-refractivity contribution is 0.373. The number of halogens is 1. The van der Waals surface area contributed by atoms with Crippen LogP contribution in [0.25, 0.3) is 17.9 Å². The molecule has 3 rings (SSSR count). The van der Waals surface area contributed by atoms with Gasteiger partial charge in [-0.05, 0) is 35.9 Å². The topological polar surface area (TPSA) is 69.9 Å². The van der Waals surface area contributed by atoms with Gasteiger partial charge in [0.1, 0.15) is 11.5 Å². The van der Waals surface area contributed by atoms with Crippen LogP contribution in [-0.4, -0.2) is 22.4 Å². The second-order valence-electron chi connectivity index (χ2n) is 4.88. The summed E-state index contributed by atoms with van der Waals surface area (Å²) in [5.41, 5.74) is 1.20. The molecule has 0 atom stereocenters. The van der Waals surface area contributed by atoms with Crippen molar-refractivity contribution in [3.8, 4) is 17.2 Å². The number of phenolic OH excluding ortho intramolecular Hbond substituents is 2. The minimum atomic E-state index is -0.129. The van der Waals surface area contributed by atoms with Crippen molar-refractivity contribution in [1.82, 2.24) is 0 Å². The number of hydrogen-bond donors (Lipinski definition) is 3. The Bertz CT molecular complexity index is 913. The summed E-state index contributed by atoms with van der Waals surface area (Å²) in [6.45, 7) is 0. The van der Waals surface area contributed by atoms with E-state index in [1.54, 1.807) is 42.5 Å². The Morgan fingerprint density at radius 3 is 2.59 bits per heavy atom. The van der Waals surface area contributed by atoms with Crippen molar-refractivity contribution in [3.63, 3.8) is 0 Å². The molecule has 4 nitrogen and oxygen atoms in total. The van der Waals surface area contributed by atoms with Crippen LogP contribution in [0.1, 0.15) is 5.56 Å². The Morgan fingerprint density at radius 2 is 1.91 bits per heavy atom. The first-order valence-corrected chi connectivity index (χ1v) is 6.90. The Balaban J connectivity index is 2.16. The lowest BCUT2D eigenvalue weighted by Crippen LogP contribution is -2.22. The van der Waals surface area contributed by atoms with Crippen LogP contribution in [0.4, 0.5) is 0 Å². The van der Waals surface area contributed by atoms with Crippen LogP contribution in [0.3, 0.4) is 0 Å². The Kier molecular flexibility index (Phi) is 3.47. The third kappa shape index (κ3) is 2.27. The third-order valence-electron chi connectivity index (χ3n) is 3.50. The number of hydrogen-bond acceptors (Lipinski definition) is 4. The molecule has 2 aromatic carbocycles. The Labute approximate surface area is 131 Å². The van der Waals surface area contributed by atoms with Gasteiger partial charge in [0, 0.05) is 16.0 Å². The number of fused-ring (bicyclic) bond motifs is 1. The summed E-state index contributed by atoms with van der Waals surface area (Å²) in [6, 6.07) is 8.13. The SMILES string of the molecule is COc1cc(C=C2C=c3c(O)cccc3=C2O)cc(Cl)c1O. The van der Waals surface area contributed by atoms with E-state index in [4.69, 9.17) is 16.3 Å². The molecule has 5 heteroatoms. The maximum absolute atomic E-state index is 10.3. The fourth-order valence-electron chi connectivity index (χ4n) is 2.41. The van der Waals surface area contributed by atoms with Crippen LogP contribution < -0.4 is 15.2 Å². The molecule has 0 amide bonds. The molecule has 112 valence electrons. The highest BCUT2D eigenvalue weighted by Crippen LogP contribution is 2.35. The summed E-state index contributed by atoms with van der Waals surface area (Å²) in [6.07, 6.45) is 3.38. The molecule has 0 saturated heterocycles. The third-order valence-corrected chi connectivity index (χ3v) is 3.79. The molecule has 0 radical (unpaired) electrons. The largest absolute Gasteiger partial charge is 0.507 e. The molecule has 22 heavy (non-hydrogen) atoms. The number of benzene rings is 2. The predicted octanol–water partition coefficient (Wildman–Crippen LogP) is 2.30. The summed E-state index contributed by atoms with van der Waals surface area (Å²) in [7, 11) is 1.43. The molecule has 0 saturated carbocycles. The average molecular weight is 317 g/mol. The molecule has 0 unspecified atom stereocenters. The van der Waals surface area contributed by atoms with Crippen LogP contribution >= 0.6 is 11.6 Å². The van der Waals surface area contributed by atoms with Crippen LogP contribution in [0.15, 0.2) is 35.9 Å². The standard InChI is InChI=1S/C17H13ClO4/c1-22-15-7-9(6-13(18)17(15)21)5-10-8-12-11(16(10)20)3-2-4-14(12)19/h2-8,19-21H,1H3. The van der Waals surface area contributed by atoms with Gasteiger partial charge in [-0.1, -0.05) is 23.7 Å². The van der Waals surface area contributed by atoms with Crippen LogP contribution in [0.5, 0.6) is 17.2 Å². The summed E-state index contributed by atoms with van der Waals surface area (Å²) >= 11 is 5.96. The van der Waals surface area contributed by atoms with Gasteiger partial charge in [0.15, 0.2) is 11.5 Å². The maximum Gasteiger partial charge on any atom is 0.176 e. The van der Waals surface area contributed by atoms with Crippen LogP contribution in [0.2, 0.25) is 5.02 Å². The van der Waals surface area contributed by atoms with Crippen molar-refractivity contribution in [1.29, 1.82) is 0 Å². The first kappa shape index (κ1) is 14.4. The van der Waals surface area contributed by atoms with E-state index in [1.807, 2.05) is 0 Å². The van der Waals surface area contributed by atoms with Gasteiger partial charge in [0.05, 0.1) is 12.1 Å². The first-order valence-electron chi connectivity index (χ1n) is 6.53. The molecule has 0 aliphatic heterocycles. The zero-order valence-electron chi connectivity index (χ0n) is 11.7. The fourth-order valence-corrected chi connectivity index (χ4v) is 2.63. The molecule has 0 heterocycles. The van der Waals surface area contributed by atoms with E-state index in [0.29, 0.717) is 21.6 Å². The molecule has 0 spiro atoms. The van der Waals surface area contributed by atoms with E-state index in [2.05, 4.69) is 0 Å². The van der Waals surface area contributed by atoms with Crippen molar-refractivity contribution in [2.75, 3.05) is 7.11 Å². The van der Waals surface area contributed by atoms with Gasteiger partial charge < -0.3 is 20.1 Å². The van der Waals surface area contributed by atoms with Gasteiger partial charge in [-0.25, -0.2) is 0 Å². The predicted molar refractivity (Wildman–Crippen MR) is 85.5 cm³/mol. The van der Waals surface area contributed by atoms with Crippen LogP contribution in [-0.2, 0) is 0 Å². The van der Waals surface area contributed by atoms with Crippen molar-refractivity contribution in [2.45, 2.75) is 0 Å². The zero-order valence-corrected chi connectivity index (χ0v) is 12.4. The second kappa shape index (κ2) is 5.31. The number of phenols is 2. The summed E-state index contributed by atoms with van der Waals surface area (Å²) in [5.74, 6) is 0.302. The monoisotopic (exact) mass is 316 g/mol. The van der Waals surface area contributed by atoms with Gasteiger partial charge in [0.2, 0.25) is 0 Å². The number of methoxy groups -OCH3 is 1. The van der Waals surface area contributed by atoms with Gasteiger partial charge >= 0.3 is 0 Å². The highest BCUT2D eigenvalue weighted by molar-refractivity contribution is 6.32. The highest BCUT2D eigenvalue weighted by atomic mass is 35.5. The molecule has 1 aliphatic carbocycles. The van der Waals surface area contributed by atoms with Crippen molar-refractivity contribution in [2.24, 2.45) is 0 Å². The lowest BCUT2D eigenvalue weighted by atomic mass is 10.1. The van der Waals surface area contributed by atoms with Gasteiger partial charge in [-0.2, -0.15) is 0 Å². The van der Waals surface area contributed by atoms with E-state index in [1.165, 1.54) is 7.11 Å². The second-order valence-corrected chi connectivity index (χ2v) is 5.29. The quantitative estimate of drug-likeness (QED) is 0.795. The van der Waals surface area contributed by atoms with E-state index >= 15 is 0 Å². The molecule has 0 bridgehead atoms. The van der Waals surface area contributed by atoms with E-state index in [0.717, 1.165) is 0 Å². The summed E-state index contributed by atoms with van der Waals surface area (Å²) in [4.78, 5) is 0. The normalized spacial score (nSPS) is 14.8. The minimum Gasteiger partial charge on any atom is -0.507 e. The van der Waals surface area contributed by atoms with Crippen molar-refractivity contribution < 1.29 is 20.1 Å². The minimum absolute atomic E-state index is 0.0778. The number of rotatable bonds is 2. The molecular weight excluding hydrogens is 304 g/mol. The van der Waals surface area contributed by atoms with Gasteiger partial charge in [0.25, 0.3) is 0 Å². The molecule has 3 N–H and O–H groups in total. The zero-order chi connectivity index (χ0) is 15.9. The fraction of sp³-hybridized carbons (Fsp3) is 0.0588. The number of aliphatic hydroxyl groups excluding tert-OH is 1. The Morgan fingerprint density at radius 1 is 1.14 bits per heavy atom. The van der Waals surface area contributed by atoms with E-state index in [9.17, 15) is 15.3 Å². The van der Waals surface area contributed by atoms with E-state index in [-0.39, 0.29) is 28.0 Å². The average Bonchev–Trinajstić information content (AvgIpc) is 2.81. The maximum atomic E-state index is 10.3. The molecular formula is C17H13ClO4. The lowest BCUT2D eigenvalue weighted by Gasteiger charge is -2.07. The van der Waals surface area contributed by atoms with Crippen LogP contribution in [0, 0.1) is 0 Å². The molecule has 0 aromatic heterocycles. The molecule has 2 aromatic rings. The van der Waals surface area contributed by atoms with Gasteiger partial charge in [-0.3, -0.25) is 0 Å². The molecule has 0 fully saturated rings. The van der Waals surface area contributed by atoms with Crippen molar-refractivity contribution in [3.05, 3.63) is 56.9 Å². The smallest absolute Gasteiger partial charge is 0.176 e. The number of aromatic hydroxyl groups is 2. The summed E-state index contributed by atoms with van der Waals surface area (Å²) in [5, 5.41) is 31.1. The molecule has 1 aliphatic rings. The number of aliphatic hydroxyl groups is 1. The highest BCUT2D eigenvalue weighted by Gasteiger charge is 2.13. The van der Waals surface area contributed by atoms with Gasteiger partial charge in [-0.15, -0.1) is 0 Å². The van der Waals surface area contributed by atoms with E-state index < -0.39 is 0 Å². The first-order chi connectivity index (χ1) is 10.5. The number of ether oxygens (including phenoxy) is 1. The summed E-state index contributed by atoms with van der Waals surface area (Å²) < 4.78 is 5.06.